The van der Waals surface area contributed by atoms with E-state index in [0.29, 0.717) is 18.1 Å². The highest BCUT2D eigenvalue weighted by molar-refractivity contribution is 7.95. The van der Waals surface area contributed by atoms with Crippen LogP contribution >= 0.6 is 12.1 Å². The third-order valence-corrected chi connectivity index (χ3v) is 10.3. The molecule has 6 rings (SSSR count). The average molecular weight is 561 g/mol. The molecule has 4 bridgehead atoms. The Morgan fingerprint density at radius 1 is 1.00 bits per heavy atom. The topological polar surface area (TPSA) is 49.7 Å². The van der Waals surface area contributed by atoms with E-state index in [1.165, 1.54) is 72.0 Å². The number of aromatic nitrogens is 1. The smallest absolute Gasteiger partial charge is 0.262 e. The maximum atomic E-state index is 13.4. The molecule has 1 aliphatic carbocycles. The minimum atomic E-state index is -0.0388. The van der Waals surface area contributed by atoms with Crippen LogP contribution in [0.4, 0.5) is 0 Å². The maximum absolute atomic E-state index is 13.4. The Morgan fingerprint density at radius 3 is 2.60 bits per heavy atom. The number of nitrogens with zero attached hydrogens (tertiary/aromatic N) is 3. The van der Waals surface area contributed by atoms with Crippen LogP contribution in [0.15, 0.2) is 42.5 Å². The highest BCUT2D eigenvalue weighted by Gasteiger charge is 2.32. The lowest BCUT2D eigenvalue weighted by atomic mass is 9.81. The summed E-state index contributed by atoms with van der Waals surface area (Å²) in [5.74, 6) is 1.45. The zero-order chi connectivity index (χ0) is 27.9. The van der Waals surface area contributed by atoms with Gasteiger partial charge in [0.1, 0.15) is 12.4 Å². The predicted molar refractivity (Wildman–Crippen MR) is 166 cm³/mol. The van der Waals surface area contributed by atoms with Gasteiger partial charge in [-0.05, 0) is 87.5 Å². The van der Waals surface area contributed by atoms with Gasteiger partial charge in [0.25, 0.3) is 5.91 Å². The third kappa shape index (κ3) is 5.53. The van der Waals surface area contributed by atoms with Gasteiger partial charge in [-0.1, -0.05) is 51.3 Å². The molecule has 3 aliphatic rings. The molecule has 3 heterocycles. The number of carbonyl (C=O) groups excluding carboxylic acids is 1. The molecule has 1 amide bonds. The number of carbonyl (C=O) groups is 1. The number of likely N-dealkylation sites (N-methyl/N-ethyl adjacent to an activating group) is 1. The number of ether oxygens (including phenoxy) is 1. The molecule has 0 saturated heterocycles. The van der Waals surface area contributed by atoms with Crippen molar-refractivity contribution in [3.63, 3.8) is 0 Å². The molecule has 1 atom stereocenters. The molecule has 0 spiro atoms. The van der Waals surface area contributed by atoms with E-state index in [9.17, 15) is 4.79 Å². The summed E-state index contributed by atoms with van der Waals surface area (Å²) in [6, 6.07) is 15.2. The van der Waals surface area contributed by atoms with Gasteiger partial charge in [-0.15, -0.1) is 0 Å². The first kappa shape index (κ1) is 27.7. The molecule has 2 aromatic carbocycles. The lowest BCUT2D eigenvalue weighted by molar-refractivity contribution is 0.0983. The first-order valence-corrected chi connectivity index (χ1v) is 15.8. The standard InChI is InChI=1S/C33H44N4O2S/c1-33(2)16-18-35(3)25-21-37-28-20-24(32(38)34-40-36(4)19-17-33)14-15-26(28)30(23-10-6-5-7-11-23)31(37)27-12-8-9-13-29(27)39-22-25/h8-9,12-15,20,23,25H,5-7,10-11,16-19,21-22H2,1-4H3,(H,34,38)/t25-/m1/s1. The molecule has 3 aromatic rings. The zero-order valence-electron chi connectivity index (χ0n) is 24.5. The van der Waals surface area contributed by atoms with Gasteiger partial charge in [-0.2, -0.15) is 0 Å². The van der Waals surface area contributed by atoms with E-state index in [1.54, 1.807) is 0 Å². The lowest BCUT2D eigenvalue weighted by Crippen LogP contribution is -2.42. The summed E-state index contributed by atoms with van der Waals surface area (Å²) in [6.45, 7) is 8.14. The van der Waals surface area contributed by atoms with Crippen LogP contribution in [0.2, 0.25) is 0 Å². The minimum absolute atomic E-state index is 0.0388. The van der Waals surface area contributed by atoms with Crippen LogP contribution in [0.3, 0.4) is 0 Å². The number of hydrogen-bond acceptors (Lipinski definition) is 5. The molecule has 1 saturated carbocycles. The summed E-state index contributed by atoms with van der Waals surface area (Å²) < 4.78 is 14.4. The number of para-hydroxylation sites is 1. The SMILES string of the molecule is CN1CCC(C)(C)CCN(C)[C@H]2COc3ccccc3-c3c(C4CCCCC4)c4ccc(cc4n3C2)C(=O)NS1. The Bertz CT molecular complexity index is 1380. The predicted octanol–water partition coefficient (Wildman–Crippen LogP) is 7.09. The van der Waals surface area contributed by atoms with E-state index in [-0.39, 0.29) is 17.4 Å². The number of fused-ring (bicyclic) bond motifs is 4. The van der Waals surface area contributed by atoms with Crippen LogP contribution in [0.5, 0.6) is 5.75 Å². The highest BCUT2D eigenvalue weighted by atomic mass is 32.2. The van der Waals surface area contributed by atoms with Gasteiger partial charge in [0.05, 0.1) is 11.7 Å². The molecular formula is C33H44N4O2S. The minimum Gasteiger partial charge on any atom is -0.491 e. The summed E-state index contributed by atoms with van der Waals surface area (Å²) in [6.07, 6.45) is 8.50. The van der Waals surface area contributed by atoms with Crippen LogP contribution in [0.25, 0.3) is 22.2 Å². The van der Waals surface area contributed by atoms with Crippen molar-refractivity contribution in [3.8, 4) is 17.0 Å². The van der Waals surface area contributed by atoms with Crippen molar-refractivity contribution in [2.75, 3.05) is 33.8 Å². The lowest BCUT2D eigenvalue weighted by Gasteiger charge is -2.35. The summed E-state index contributed by atoms with van der Waals surface area (Å²) in [5, 5.41) is 1.29. The van der Waals surface area contributed by atoms with Gasteiger partial charge in [0.15, 0.2) is 0 Å². The molecule has 2 aliphatic heterocycles. The summed E-state index contributed by atoms with van der Waals surface area (Å²) in [7, 11) is 4.32. The van der Waals surface area contributed by atoms with E-state index in [4.69, 9.17) is 4.74 Å². The fraction of sp³-hybridized carbons (Fsp3) is 0.545. The Balaban J connectivity index is 1.55. The number of nitrogens with one attached hydrogen (secondary N) is 1. The average Bonchev–Trinajstić information content (AvgIpc) is 3.27. The van der Waals surface area contributed by atoms with Crippen LogP contribution in [0.1, 0.15) is 80.6 Å². The van der Waals surface area contributed by atoms with Crippen molar-refractivity contribution < 1.29 is 9.53 Å². The quantitative estimate of drug-likeness (QED) is 0.322. The first-order valence-electron chi connectivity index (χ1n) is 15.1. The second kappa shape index (κ2) is 11.4. The summed E-state index contributed by atoms with van der Waals surface area (Å²) in [4.78, 5) is 15.9. The van der Waals surface area contributed by atoms with Crippen molar-refractivity contribution in [3.05, 3.63) is 53.6 Å². The van der Waals surface area contributed by atoms with Crippen LogP contribution in [-0.2, 0) is 6.54 Å². The van der Waals surface area contributed by atoms with Gasteiger partial charge in [-0.3, -0.25) is 14.4 Å². The fourth-order valence-corrected chi connectivity index (χ4v) is 7.32. The molecule has 0 unspecified atom stereocenters. The highest BCUT2D eigenvalue weighted by Crippen LogP contribution is 2.47. The molecule has 0 radical (unpaired) electrons. The maximum Gasteiger partial charge on any atom is 0.262 e. The van der Waals surface area contributed by atoms with Crippen molar-refractivity contribution in [2.24, 2.45) is 5.41 Å². The van der Waals surface area contributed by atoms with E-state index in [2.05, 4.69) is 82.8 Å². The van der Waals surface area contributed by atoms with Crippen molar-refractivity contribution in [1.82, 2.24) is 18.5 Å². The molecule has 214 valence electrons. The van der Waals surface area contributed by atoms with Crippen molar-refractivity contribution >= 4 is 28.9 Å². The van der Waals surface area contributed by atoms with Crippen molar-refractivity contribution in [2.45, 2.75) is 77.3 Å². The van der Waals surface area contributed by atoms with Crippen molar-refractivity contribution in [1.29, 1.82) is 0 Å². The monoisotopic (exact) mass is 560 g/mol. The first-order chi connectivity index (χ1) is 19.3. The Kier molecular flexibility index (Phi) is 7.90. The molecule has 1 aromatic heterocycles. The molecular weight excluding hydrogens is 516 g/mol. The number of rotatable bonds is 1. The largest absolute Gasteiger partial charge is 0.491 e. The summed E-state index contributed by atoms with van der Waals surface area (Å²) in [5.41, 5.74) is 6.01. The second-order valence-corrected chi connectivity index (χ2v) is 13.9. The van der Waals surface area contributed by atoms with E-state index in [1.807, 2.05) is 6.07 Å². The van der Waals surface area contributed by atoms with Crippen LogP contribution in [-0.4, -0.2) is 59.5 Å². The Hall–Kier alpha value is -2.48. The molecule has 1 N–H and O–H groups in total. The Labute approximate surface area is 243 Å². The Morgan fingerprint density at radius 2 is 1.77 bits per heavy atom. The molecule has 7 heteroatoms. The van der Waals surface area contributed by atoms with Crippen LogP contribution in [0, 0.1) is 5.41 Å². The molecule has 40 heavy (non-hydrogen) atoms. The van der Waals surface area contributed by atoms with Gasteiger partial charge in [-0.25, -0.2) is 4.31 Å². The van der Waals surface area contributed by atoms with E-state index in [0.717, 1.165) is 38.2 Å². The van der Waals surface area contributed by atoms with Gasteiger partial charge < -0.3 is 9.30 Å². The van der Waals surface area contributed by atoms with E-state index >= 15 is 0 Å². The van der Waals surface area contributed by atoms with Gasteiger partial charge in [0.2, 0.25) is 0 Å². The van der Waals surface area contributed by atoms with Gasteiger partial charge >= 0.3 is 0 Å². The zero-order valence-corrected chi connectivity index (χ0v) is 25.4. The summed E-state index contributed by atoms with van der Waals surface area (Å²) >= 11 is 1.41. The van der Waals surface area contributed by atoms with Gasteiger partial charge in [0, 0.05) is 47.3 Å². The third-order valence-electron chi connectivity index (χ3n) is 9.51. The normalized spacial score (nSPS) is 23.4. The van der Waals surface area contributed by atoms with E-state index < -0.39 is 0 Å². The number of hydrogen-bond donors (Lipinski definition) is 1. The molecule has 1 fully saturated rings. The number of amides is 1. The molecule has 6 nitrogen and oxygen atoms in total. The fourth-order valence-electron chi connectivity index (χ4n) is 6.78. The number of benzene rings is 2. The second-order valence-electron chi connectivity index (χ2n) is 12.9. The van der Waals surface area contributed by atoms with Crippen LogP contribution < -0.4 is 9.46 Å².